The summed E-state index contributed by atoms with van der Waals surface area (Å²) in [6.07, 6.45) is 5.74. The van der Waals surface area contributed by atoms with Gasteiger partial charge in [0.2, 0.25) is 0 Å². The van der Waals surface area contributed by atoms with Crippen molar-refractivity contribution in [1.82, 2.24) is 9.88 Å². The van der Waals surface area contributed by atoms with Gasteiger partial charge in [0.1, 0.15) is 18.2 Å². The molecular weight excluding hydrogens is 503 g/mol. The zero-order valence-corrected chi connectivity index (χ0v) is 23.5. The predicted octanol–water partition coefficient (Wildman–Crippen LogP) is 6.08. The molecule has 3 heterocycles. The smallest absolute Gasteiger partial charge is 0.200 e. The van der Waals surface area contributed by atoms with Crippen LogP contribution in [-0.2, 0) is 16.6 Å². The van der Waals surface area contributed by atoms with E-state index in [2.05, 4.69) is 48.0 Å². The van der Waals surface area contributed by atoms with E-state index in [0.717, 1.165) is 24.1 Å². The summed E-state index contributed by atoms with van der Waals surface area (Å²) in [5.74, 6) is -0.182. The fraction of sp³-hybridized carbons (Fsp3) is 0.333. The van der Waals surface area contributed by atoms with Gasteiger partial charge in [-0.25, -0.2) is 9.37 Å². The molecule has 206 valence electrons. The standard InChI is InChI=1S/C33H35FN4O2/c1-33(2,3)25-11-7-21(8-12-25)30(39)17-24-16-22(9-13-26(24)34)27-18-28(31(40)20-35-27)37-32-14-10-23(19-36-32)29-6-5-15-38(29)4/h7-14,16,18-19,29H,5-6,15,17,20H2,1-4H3,(H,36,37). The summed E-state index contributed by atoms with van der Waals surface area (Å²) in [5.41, 5.74) is 4.69. The summed E-state index contributed by atoms with van der Waals surface area (Å²) >= 11 is 0. The van der Waals surface area contributed by atoms with Gasteiger partial charge >= 0.3 is 0 Å². The Bertz CT molecular complexity index is 1480. The number of ketones is 2. The number of rotatable bonds is 7. The molecular formula is C33H35FN4O2. The highest BCUT2D eigenvalue weighted by Crippen LogP contribution is 2.30. The lowest BCUT2D eigenvalue weighted by atomic mass is 9.86. The lowest BCUT2D eigenvalue weighted by molar-refractivity contribution is -0.114. The first-order valence-corrected chi connectivity index (χ1v) is 13.7. The monoisotopic (exact) mass is 538 g/mol. The maximum absolute atomic E-state index is 14.7. The largest absolute Gasteiger partial charge is 0.337 e. The van der Waals surface area contributed by atoms with Crippen LogP contribution in [0.25, 0.3) is 0 Å². The highest BCUT2D eigenvalue weighted by Gasteiger charge is 2.23. The van der Waals surface area contributed by atoms with Gasteiger partial charge in [0.25, 0.3) is 0 Å². The van der Waals surface area contributed by atoms with Crippen molar-refractivity contribution >= 4 is 23.1 Å². The lowest BCUT2D eigenvalue weighted by Crippen LogP contribution is -2.22. The van der Waals surface area contributed by atoms with Gasteiger partial charge in [-0.1, -0.05) is 51.1 Å². The van der Waals surface area contributed by atoms with Crippen molar-refractivity contribution in [3.05, 3.63) is 106 Å². The normalized spacial score (nSPS) is 17.9. The molecule has 3 aromatic rings. The van der Waals surface area contributed by atoms with E-state index < -0.39 is 5.82 Å². The number of benzene rings is 2. The molecule has 6 nitrogen and oxygen atoms in total. The number of nitrogens with zero attached hydrogens (tertiary/aromatic N) is 3. The number of anilines is 1. The highest BCUT2D eigenvalue weighted by molar-refractivity contribution is 6.17. The first kappa shape index (κ1) is 27.6. The van der Waals surface area contributed by atoms with E-state index in [9.17, 15) is 14.0 Å². The molecule has 1 N–H and O–H groups in total. The molecule has 2 aromatic carbocycles. The molecule has 1 unspecified atom stereocenters. The topological polar surface area (TPSA) is 74.7 Å². The second-order valence-corrected chi connectivity index (χ2v) is 11.7. The Kier molecular flexibility index (Phi) is 7.76. The first-order valence-electron chi connectivity index (χ1n) is 13.7. The SMILES string of the molecule is CN1CCCC1c1ccc(NC2=CC(c3ccc(F)c(CC(=O)c4ccc(C(C)(C)C)cc4)c3)=NCC2=O)nc1. The van der Waals surface area contributed by atoms with Crippen molar-refractivity contribution in [2.75, 3.05) is 25.5 Å². The molecule has 1 aromatic heterocycles. The molecule has 0 saturated carbocycles. The molecule has 2 aliphatic heterocycles. The number of pyridine rings is 1. The van der Waals surface area contributed by atoms with Crippen LogP contribution in [0, 0.1) is 5.82 Å². The Balaban J connectivity index is 1.31. The van der Waals surface area contributed by atoms with Crippen LogP contribution in [0.4, 0.5) is 10.2 Å². The molecule has 2 aliphatic rings. The number of aliphatic imine (C=N–C) groups is 1. The quantitative estimate of drug-likeness (QED) is 0.369. The second kappa shape index (κ2) is 11.3. The summed E-state index contributed by atoms with van der Waals surface area (Å²) < 4.78 is 14.7. The average molecular weight is 539 g/mol. The number of allylic oxidation sites excluding steroid dienone is 1. The minimum atomic E-state index is -0.449. The van der Waals surface area contributed by atoms with Crippen LogP contribution >= 0.6 is 0 Å². The number of carbonyl (C=O) groups is 2. The van der Waals surface area contributed by atoms with Gasteiger partial charge in [0.15, 0.2) is 11.6 Å². The van der Waals surface area contributed by atoms with Crippen molar-refractivity contribution in [3.8, 4) is 0 Å². The molecule has 0 amide bonds. The summed E-state index contributed by atoms with van der Waals surface area (Å²) in [6, 6.07) is 16.4. The van der Waals surface area contributed by atoms with Crippen LogP contribution in [0.5, 0.6) is 0 Å². The van der Waals surface area contributed by atoms with Crippen LogP contribution in [0.2, 0.25) is 0 Å². The minimum absolute atomic E-state index is 0.0165. The molecule has 0 aliphatic carbocycles. The molecule has 1 atom stereocenters. The zero-order valence-electron chi connectivity index (χ0n) is 23.5. The minimum Gasteiger partial charge on any atom is -0.337 e. The summed E-state index contributed by atoms with van der Waals surface area (Å²) in [5, 5.41) is 3.13. The van der Waals surface area contributed by atoms with Crippen LogP contribution in [-0.4, -0.2) is 47.3 Å². The van der Waals surface area contributed by atoms with Crippen LogP contribution in [0.15, 0.2) is 77.6 Å². The van der Waals surface area contributed by atoms with Crippen LogP contribution in [0.1, 0.15) is 72.3 Å². The van der Waals surface area contributed by atoms with Gasteiger partial charge < -0.3 is 5.32 Å². The molecule has 1 fully saturated rings. The molecule has 0 spiro atoms. The Morgan fingerprint density at radius 1 is 1.10 bits per heavy atom. The third-order valence-electron chi connectivity index (χ3n) is 7.69. The molecule has 40 heavy (non-hydrogen) atoms. The van der Waals surface area contributed by atoms with Crippen molar-refractivity contribution in [1.29, 1.82) is 0 Å². The number of aromatic nitrogens is 1. The van der Waals surface area contributed by atoms with Gasteiger partial charge in [-0.15, -0.1) is 0 Å². The third kappa shape index (κ3) is 6.10. The number of halogens is 1. The number of nitrogens with one attached hydrogen (secondary N) is 1. The van der Waals surface area contributed by atoms with Crippen LogP contribution < -0.4 is 5.32 Å². The van der Waals surface area contributed by atoms with Crippen molar-refractivity contribution < 1.29 is 14.0 Å². The molecule has 5 rings (SSSR count). The Morgan fingerprint density at radius 3 is 2.52 bits per heavy atom. The first-order chi connectivity index (χ1) is 19.1. The Morgan fingerprint density at radius 2 is 1.88 bits per heavy atom. The summed E-state index contributed by atoms with van der Waals surface area (Å²) in [6.45, 7) is 7.40. The van der Waals surface area contributed by atoms with E-state index in [4.69, 9.17) is 0 Å². The fourth-order valence-electron chi connectivity index (χ4n) is 5.23. The van der Waals surface area contributed by atoms with Gasteiger partial charge in [0, 0.05) is 29.8 Å². The van der Waals surface area contributed by atoms with Crippen molar-refractivity contribution in [3.63, 3.8) is 0 Å². The van der Waals surface area contributed by atoms with E-state index in [-0.39, 0.29) is 29.9 Å². The average Bonchev–Trinajstić information content (AvgIpc) is 3.37. The molecule has 0 bridgehead atoms. The number of Topliss-reactive ketones (excluding diaryl/α,β-unsaturated/α-hetero) is 2. The maximum atomic E-state index is 14.7. The van der Waals surface area contributed by atoms with Crippen molar-refractivity contribution in [2.45, 2.75) is 51.5 Å². The Labute approximate surface area is 235 Å². The molecule has 1 saturated heterocycles. The number of hydrogen-bond acceptors (Lipinski definition) is 6. The zero-order chi connectivity index (χ0) is 28.4. The van der Waals surface area contributed by atoms with E-state index in [1.807, 2.05) is 30.5 Å². The fourth-order valence-corrected chi connectivity index (χ4v) is 5.23. The molecule has 0 radical (unpaired) electrons. The highest BCUT2D eigenvalue weighted by atomic mass is 19.1. The Hall–Kier alpha value is -3.97. The number of dihydropyridines is 1. The van der Waals surface area contributed by atoms with Crippen LogP contribution in [0.3, 0.4) is 0 Å². The van der Waals surface area contributed by atoms with Gasteiger partial charge in [0.05, 0.1) is 11.4 Å². The lowest BCUT2D eigenvalue weighted by Gasteiger charge is -2.20. The number of carbonyl (C=O) groups excluding carboxylic acids is 2. The van der Waals surface area contributed by atoms with Gasteiger partial charge in [-0.05, 0) is 78.9 Å². The number of hydrogen-bond donors (Lipinski definition) is 1. The molecule has 7 heteroatoms. The van der Waals surface area contributed by atoms with Crippen molar-refractivity contribution in [2.24, 2.45) is 4.99 Å². The van der Waals surface area contributed by atoms with E-state index in [1.54, 1.807) is 30.3 Å². The van der Waals surface area contributed by atoms with E-state index >= 15 is 0 Å². The summed E-state index contributed by atoms with van der Waals surface area (Å²) in [4.78, 5) is 36.9. The number of likely N-dealkylation sites (tertiary alicyclic amines) is 1. The van der Waals surface area contributed by atoms with E-state index in [0.29, 0.717) is 40.0 Å². The van der Waals surface area contributed by atoms with Gasteiger partial charge in [-0.2, -0.15) is 0 Å². The maximum Gasteiger partial charge on any atom is 0.200 e. The summed E-state index contributed by atoms with van der Waals surface area (Å²) in [7, 11) is 2.12. The second-order valence-electron chi connectivity index (χ2n) is 11.7. The predicted molar refractivity (Wildman–Crippen MR) is 157 cm³/mol. The third-order valence-corrected chi connectivity index (χ3v) is 7.69. The van der Waals surface area contributed by atoms with Gasteiger partial charge in [-0.3, -0.25) is 19.5 Å². The van der Waals surface area contributed by atoms with E-state index in [1.165, 1.54) is 12.5 Å².